The normalized spacial score (nSPS) is 10.9. The highest BCUT2D eigenvalue weighted by molar-refractivity contribution is 7.17. The molecule has 2 aromatic heterocycles. The molecule has 0 radical (unpaired) electrons. The molecule has 0 atom stereocenters. The van der Waals surface area contributed by atoms with E-state index in [1.54, 1.807) is 13.1 Å². The summed E-state index contributed by atoms with van der Waals surface area (Å²) in [5.74, 6) is 0. The lowest BCUT2D eigenvalue weighted by Crippen LogP contribution is -2.23. The second-order valence-electron chi connectivity index (χ2n) is 4.59. The van der Waals surface area contributed by atoms with Gasteiger partial charge in [0.1, 0.15) is 10.9 Å². The van der Waals surface area contributed by atoms with Crippen molar-refractivity contribution in [2.45, 2.75) is 13.5 Å². The SMILES string of the molecule is Cc1cccc(-n2nnn(C)c2=O)c1COc1ncc(Cl)s1. The number of ether oxygens (including phenoxy) is 1. The van der Waals surface area contributed by atoms with Crippen LogP contribution in [0.2, 0.25) is 4.34 Å². The summed E-state index contributed by atoms with van der Waals surface area (Å²) in [6.07, 6.45) is 1.54. The summed E-state index contributed by atoms with van der Waals surface area (Å²) < 4.78 is 8.64. The largest absolute Gasteiger partial charge is 0.465 e. The van der Waals surface area contributed by atoms with E-state index in [0.29, 0.717) is 15.2 Å². The van der Waals surface area contributed by atoms with E-state index in [9.17, 15) is 4.79 Å². The van der Waals surface area contributed by atoms with Gasteiger partial charge in [-0.25, -0.2) is 9.78 Å². The number of aryl methyl sites for hydroxylation is 2. The minimum absolute atomic E-state index is 0.259. The number of halogens is 1. The first-order valence-corrected chi connectivity index (χ1v) is 7.57. The average Bonchev–Trinajstić information content (AvgIpc) is 3.05. The first-order valence-electron chi connectivity index (χ1n) is 6.38. The molecule has 0 aliphatic carbocycles. The van der Waals surface area contributed by atoms with Crippen molar-refractivity contribution in [1.29, 1.82) is 0 Å². The van der Waals surface area contributed by atoms with Crippen LogP contribution in [0.5, 0.6) is 5.19 Å². The summed E-state index contributed by atoms with van der Waals surface area (Å²) in [6, 6.07) is 5.60. The Morgan fingerprint density at radius 3 is 2.82 bits per heavy atom. The number of thiazole rings is 1. The topological polar surface area (TPSA) is 74.8 Å². The van der Waals surface area contributed by atoms with E-state index in [2.05, 4.69) is 15.4 Å². The Morgan fingerprint density at radius 2 is 2.18 bits per heavy atom. The molecule has 7 nitrogen and oxygen atoms in total. The zero-order valence-electron chi connectivity index (χ0n) is 11.9. The smallest absolute Gasteiger partial charge is 0.368 e. The lowest BCUT2D eigenvalue weighted by Gasteiger charge is -2.11. The van der Waals surface area contributed by atoms with Crippen LogP contribution < -0.4 is 10.4 Å². The fraction of sp³-hybridized carbons (Fsp3) is 0.231. The van der Waals surface area contributed by atoms with E-state index in [4.69, 9.17) is 16.3 Å². The minimum Gasteiger partial charge on any atom is -0.465 e. The van der Waals surface area contributed by atoms with Crippen molar-refractivity contribution in [1.82, 2.24) is 24.8 Å². The van der Waals surface area contributed by atoms with Crippen LogP contribution in [-0.4, -0.2) is 24.8 Å². The van der Waals surface area contributed by atoms with Gasteiger partial charge in [0.25, 0.3) is 5.19 Å². The van der Waals surface area contributed by atoms with Crippen LogP contribution in [0, 0.1) is 6.92 Å². The molecule has 0 unspecified atom stereocenters. The van der Waals surface area contributed by atoms with Gasteiger partial charge in [-0.15, -0.1) is 0 Å². The Kier molecular flexibility index (Phi) is 3.95. The highest BCUT2D eigenvalue weighted by atomic mass is 35.5. The molecule has 0 spiro atoms. The summed E-state index contributed by atoms with van der Waals surface area (Å²) in [5.41, 5.74) is 2.15. The van der Waals surface area contributed by atoms with E-state index in [1.165, 1.54) is 26.9 Å². The van der Waals surface area contributed by atoms with Gasteiger partial charge < -0.3 is 4.74 Å². The summed E-state index contributed by atoms with van der Waals surface area (Å²) >= 11 is 7.09. The van der Waals surface area contributed by atoms with Gasteiger partial charge in [0.2, 0.25) is 0 Å². The molecule has 0 N–H and O–H groups in total. The van der Waals surface area contributed by atoms with Crippen molar-refractivity contribution >= 4 is 22.9 Å². The Morgan fingerprint density at radius 1 is 1.36 bits per heavy atom. The molecule has 1 aromatic carbocycles. The Labute approximate surface area is 134 Å². The molecule has 0 aliphatic heterocycles. The maximum Gasteiger partial charge on any atom is 0.368 e. The number of tetrazole rings is 1. The molecular formula is C13H12ClN5O2S. The monoisotopic (exact) mass is 337 g/mol. The molecule has 22 heavy (non-hydrogen) atoms. The van der Waals surface area contributed by atoms with Crippen LogP contribution in [0.4, 0.5) is 0 Å². The molecular weight excluding hydrogens is 326 g/mol. The van der Waals surface area contributed by atoms with Gasteiger partial charge >= 0.3 is 5.69 Å². The van der Waals surface area contributed by atoms with Gasteiger partial charge in [0.15, 0.2) is 0 Å². The van der Waals surface area contributed by atoms with E-state index < -0.39 is 0 Å². The number of nitrogens with zero attached hydrogens (tertiary/aromatic N) is 5. The number of benzene rings is 1. The minimum atomic E-state index is -0.316. The zero-order valence-corrected chi connectivity index (χ0v) is 13.4. The van der Waals surface area contributed by atoms with Crippen LogP contribution in [0.1, 0.15) is 11.1 Å². The molecule has 0 amide bonds. The molecule has 3 rings (SSSR count). The molecule has 114 valence electrons. The van der Waals surface area contributed by atoms with Crippen molar-refractivity contribution in [3.63, 3.8) is 0 Å². The summed E-state index contributed by atoms with van der Waals surface area (Å²) in [4.78, 5) is 16.1. The van der Waals surface area contributed by atoms with Crippen molar-refractivity contribution < 1.29 is 4.74 Å². The van der Waals surface area contributed by atoms with E-state index in [0.717, 1.165) is 11.1 Å². The highest BCUT2D eigenvalue weighted by Gasteiger charge is 2.14. The van der Waals surface area contributed by atoms with E-state index in [-0.39, 0.29) is 12.3 Å². The Hall–Kier alpha value is -2.19. The van der Waals surface area contributed by atoms with Crippen molar-refractivity contribution in [3.8, 4) is 10.9 Å². The second-order valence-corrected chi connectivity index (χ2v) is 6.21. The third kappa shape index (κ3) is 2.75. The Bertz CT molecular complexity index is 869. The summed E-state index contributed by atoms with van der Waals surface area (Å²) in [6.45, 7) is 2.20. The molecule has 0 fully saturated rings. The predicted molar refractivity (Wildman–Crippen MR) is 82.8 cm³/mol. The van der Waals surface area contributed by atoms with Crippen LogP contribution in [0.15, 0.2) is 29.2 Å². The van der Waals surface area contributed by atoms with Crippen molar-refractivity contribution in [3.05, 3.63) is 50.3 Å². The maximum atomic E-state index is 12.0. The maximum absolute atomic E-state index is 12.0. The molecule has 9 heteroatoms. The van der Waals surface area contributed by atoms with Crippen molar-refractivity contribution in [2.24, 2.45) is 7.05 Å². The predicted octanol–water partition coefficient (Wildman–Crippen LogP) is 1.96. The first-order chi connectivity index (χ1) is 10.6. The van der Waals surface area contributed by atoms with Crippen molar-refractivity contribution in [2.75, 3.05) is 0 Å². The van der Waals surface area contributed by atoms with Crippen LogP contribution >= 0.6 is 22.9 Å². The first kappa shape index (κ1) is 14.7. The van der Waals surface area contributed by atoms with Gasteiger partial charge in [-0.05, 0) is 29.0 Å². The molecule has 0 aliphatic rings. The Balaban J connectivity index is 1.96. The molecule has 0 bridgehead atoms. The molecule has 2 heterocycles. The number of hydrogen-bond donors (Lipinski definition) is 0. The average molecular weight is 338 g/mol. The number of rotatable bonds is 4. The fourth-order valence-electron chi connectivity index (χ4n) is 1.98. The second kappa shape index (κ2) is 5.90. The summed E-state index contributed by atoms with van der Waals surface area (Å²) in [7, 11) is 1.55. The molecule has 0 saturated carbocycles. The molecule has 0 saturated heterocycles. The standard InChI is InChI=1S/C13H12ClN5O2S/c1-8-4-3-5-10(19-13(20)18(2)16-17-19)9(8)7-21-12-15-6-11(14)22-12/h3-6H,7H2,1-2H3. The third-order valence-corrected chi connectivity index (χ3v) is 4.16. The lowest BCUT2D eigenvalue weighted by atomic mass is 10.1. The van der Waals surface area contributed by atoms with Crippen LogP contribution in [-0.2, 0) is 13.7 Å². The third-order valence-electron chi connectivity index (χ3n) is 3.13. The lowest BCUT2D eigenvalue weighted by molar-refractivity contribution is 0.303. The van der Waals surface area contributed by atoms with E-state index in [1.807, 2.05) is 19.1 Å². The number of hydrogen-bond acceptors (Lipinski definition) is 6. The zero-order chi connectivity index (χ0) is 15.7. The van der Waals surface area contributed by atoms with Crippen LogP contribution in [0.25, 0.3) is 5.69 Å². The fourth-order valence-corrected chi connectivity index (χ4v) is 2.72. The van der Waals surface area contributed by atoms with Gasteiger partial charge in [-0.2, -0.15) is 9.36 Å². The van der Waals surface area contributed by atoms with Crippen LogP contribution in [0.3, 0.4) is 0 Å². The number of aromatic nitrogens is 5. The van der Waals surface area contributed by atoms with Gasteiger partial charge in [-0.3, -0.25) is 0 Å². The highest BCUT2D eigenvalue weighted by Crippen LogP contribution is 2.26. The van der Waals surface area contributed by atoms with Gasteiger partial charge in [-0.1, -0.05) is 35.1 Å². The quantitative estimate of drug-likeness (QED) is 0.727. The summed E-state index contributed by atoms with van der Waals surface area (Å²) in [5, 5.41) is 8.08. The van der Waals surface area contributed by atoms with E-state index >= 15 is 0 Å². The van der Waals surface area contributed by atoms with Gasteiger partial charge in [0.05, 0.1) is 11.9 Å². The molecule has 3 aromatic rings. The van der Waals surface area contributed by atoms with Gasteiger partial charge in [0, 0.05) is 12.6 Å².